The molecule has 0 bridgehead atoms. The second kappa shape index (κ2) is 15.9. The summed E-state index contributed by atoms with van der Waals surface area (Å²) in [6.07, 6.45) is 2.02. The van der Waals surface area contributed by atoms with Crippen LogP contribution in [0, 0.1) is 10.1 Å². The summed E-state index contributed by atoms with van der Waals surface area (Å²) in [5.74, 6) is 0.578. The van der Waals surface area contributed by atoms with Crippen LogP contribution in [0.1, 0.15) is 34.7 Å². The van der Waals surface area contributed by atoms with E-state index in [2.05, 4.69) is 0 Å². The lowest BCUT2D eigenvalue weighted by atomic mass is 9.91. The molecule has 0 aromatic heterocycles. The van der Waals surface area contributed by atoms with Crippen LogP contribution in [-0.2, 0) is 0 Å². The summed E-state index contributed by atoms with van der Waals surface area (Å²) in [4.78, 5) is 23.6. The van der Waals surface area contributed by atoms with Gasteiger partial charge in [0.15, 0.2) is 11.5 Å². The Kier molecular flexibility index (Phi) is 12.7. The molecule has 1 atom stereocenters. The minimum Gasteiger partial charge on any atom is -0.493 e. The van der Waals surface area contributed by atoms with E-state index in [0.717, 1.165) is 0 Å². The highest BCUT2D eigenvalue weighted by Gasteiger charge is 2.22. The molecule has 0 aliphatic carbocycles. The van der Waals surface area contributed by atoms with E-state index in [4.69, 9.17) is 72.2 Å². The van der Waals surface area contributed by atoms with Crippen LogP contribution in [0.25, 0.3) is 0 Å². The van der Waals surface area contributed by atoms with Crippen LogP contribution in [-0.4, -0.2) is 37.1 Å². The lowest BCUT2D eigenvalue weighted by Gasteiger charge is -2.13. The van der Waals surface area contributed by atoms with Crippen molar-refractivity contribution >= 4 is 63.8 Å². The minimum absolute atomic E-state index is 0.00278. The van der Waals surface area contributed by atoms with Gasteiger partial charge in [0, 0.05) is 40.5 Å². The maximum atomic E-state index is 12.8. The van der Waals surface area contributed by atoms with E-state index in [1.165, 1.54) is 6.08 Å². The Labute approximate surface area is 256 Å². The Morgan fingerprint density at radius 2 is 1.50 bits per heavy atom. The third kappa shape index (κ3) is 10.4. The van der Waals surface area contributed by atoms with Crippen molar-refractivity contribution in [1.82, 2.24) is 0 Å². The number of rotatable bonds is 15. The van der Waals surface area contributed by atoms with Crippen molar-refractivity contribution in [3.63, 3.8) is 0 Å². The standard InChI is InChI=1S/C28H24Cl5NO6/c29-21-6-2-18(3-7-21)20(17-34(36)37)14-26(35)19-4-8-22(9-5-19)38-11-1-12-40-28-24(30)15-23(16-25(28)31)39-13-10-27(32)33/h2-10,15-16,20H,1,11-14,17H2. The van der Waals surface area contributed by atoms with Gasteiger partial charge in [-0.2, -0.15) is 0 Å². The van der Waals surface area contributed by atoms with E-state index >= 15 is 0 Å². The minimum atomic E-state index is -0.562. The molecule has 0 saturated carbocycles. The Morgan fingerprint density at radius 3 is 2.10 bits per heavy atom. The molecule has 212 valence electrons. The molecule has 0 aliphatic heterocycles. The lowest BCUT2D eigenvalue weighted by Crippen LogP contribution is -2.16. The topological polar surface area (TPSA) is 87.9 Å². The fourth-order valence-electron chi connectivity index (χ4n) is 3.66. The van der Waals surface area contributed by atoms with E-state index in [1.54, 1.807) is 60.7 Å². The fraction of sp³-hybridized carbons (Fsp3) is 0.250. The largest absolute Gasteiger partial charge is 0.493 e. The number of ether oxygens (including phenoxy) is 3. The van der Waals surface area contributed by atoms with Gasteiger partial charge in [-0.15, -0.1) is 0 Å². The van der Waals surface area contributed by atoms with Gasteiger partial charge >= 0.3 is 0 Å². The maximum absolute atomic E-state index is 12.8. The van der Waals surface area contributed by atoms with Crippen molar-refractivity contribution in [1.29, 1.82) is 0 Å². The number of ketones is 1. The first-order valence-corrected chi connectivity index (χ1v) is 13.9. The van der Waals surface area contributed by atoms with Gasteiger partial charge in [-0.25, -0.2) is 0 Å². The van der Waals surface area contributed by atoms with Crippen molar-refractivity contribution in [2.24, 2.45) is 0 Å². The van der Waals surface area contributed by atoms with E-state index in [-0.39, 0.29) is 29.8 Å². The first-order valence-electron chi connectivity index (χ1n) is 12.0. The second-order valence-electron chi connectivity index (χ2n) is 8.49. The number of benzene rings is 3. The summed E-state index contributed by atoms with van der Waals surface area (Å²) < 4.78 is 17.0. The van der Waals surface area contributed by atoms with Crippen molar-refractivity contribution < 1.29 is 23.9 Å². The molecule has 0 N–H and O–H groups in total. The van der Waals surface area contributed by atoms with Crippen LogP contribution in [0.3, 0.4) is 0 Å². The molecule has 0 aliphatic rings. The quantitative estimate of drug-likeness (QED) is 0.0709. The molecule has 0 fully saturated rings. The second-order valence-corrected chi connectivity index (χ2v) is 10.7. The number of carbonyl (C=O) groups excluding carboxylic acids is 1. The maximum Gasteiger partial charge on any atom is 0.211 e. The third-order valence-electron chi connectivity index (χ3n) is 5.58. The first kappa shape index (κ1) is 31.8. The number of nitro groups is 1. The number of carbonyl (C=O) groups is 1. The molecular formula is C28H24Cl5NO6. The highest BCUT2D eigenvalue weighted by atomic mass is 35.5. The summed E-state index contributed by atoms with van der Waals surface area (Å²) >= 11 is 29.6. The average molecular weight is 648 g/mol. The highest BCUT2D eigenvalue weighted by molar-refractivity contribution is 6.55. The molecule has 0 heterocycles. The van der Waals surface area contributed by atoms with Gasteiger partial charge in [-0.05, 0) is 48.0 Å². The number of halogens is 5. The number of Topliss-reactive ketones (excluding diaryl/α,β-unsaturated/α-hetero) is 1. The van der Waals surface area contributed by atoms with Crippen LogP contribution in [0.5, 0.6) is 17.2 Å². The summed E-state index contributed by atoms with van der Waals surface area (Å²) in [5.41, 5.74) is 1.13. The molecule has 1 unspecified atom stereocenters. The van der Waals surface area contributed by atoms with E-state index in [9.17, 15) is 14.9 Å². The van der Waals surface area contributed by atoms with Gasteiger partial charge in [-0.3, -0.25) is 14.9 Å². The zero-order chi connectivity index (χ0) is 29.1. The van der Waals surface area contributed by atoms with Crippen molar-refractivity contribution in [3.05, 3.63) is 108 Å². The van der Waals surface area contributed by atoms with Gasteiger partial charge in [0.25, 0.3) is 0 Å². The summed E-state index contributed by atoms with van der Waals surface area (Å²) in [6, 6.07) is 16.5. The molecule has 3 rings (SSSR count). The monoisotopic (exact) mass is 645 g/mol. The Hall–Kier alpha value is -2.68. The summed E-state index contributed by atoms with van der Waals surface area (Å²) in [6.45, 7) is 0.444. The predicted molar refractivity (Wildman–Crippen MR) is 159 cm³/mol. The number of hydrogen-bond acceptors (Lipinski definition) is 6. The molecule has 3 aromatic rings. The molecule has 7 nitrogen and oxygen atoms in total. The Balaban J connectivity index is 1.46. The third-order valence-corrected chi connectivity index (χ3v) is 6.70. The van der Waals surface area contributed by atoms with Crippen LogP contribution >= 0.6 is 58.0 Å². The summed E-state index contributed by atoms with van der Waals surface area (Å²) in [7, 11) is 0. The molecule has 40 heavy (non-hydrogen) atoms. The van der Waals surface area contributed by atoms with Gasteiger partial charge in [-0.1, -0.05) is 70.1 Å². The van der Waals surface area contributed by atoms with Gasteiger partial charge in [0.05, 0.1) is 29.2 Å². The van der Waals surface area contributed by atoms with E-state index in [1.807, 2.05) is 0 Å². The zero-order valence-corrected chi connectivity index (χ0v) is 24.7. The van der Waals surface area contributed by atoms with Crippen LogP contribution in [0.2, 0.25) is 15.1 Å². The number of nitrogens with zero attached hydrogens (tertiary/aromatic N) is 1. The molecule has 0 radical (unpaired) electrons. The van der Waals surface area contributed by atoms with Crippen molar-refractivity contribution in [2.75, 3.05) is 26.4 Å². The van der Waals surface area contributed by atoms with Crippen molar-refractivity contribution in [2.45, 2.75) is 18.8 Å². The smallest absolute Gasteiger partial charge is 0.211 e. The normalized spacial score (nSPS) is 11.4. The SMILES string of the molecule is O=C(CC(C[N+](=O)[O-])c1ccc(Cl)cc1)c1ccc(OCCCOc2c(Cl)cc(OCC=C(Cl)Cl)cc2Cl)cc1. The lowest BCUT2D eigenvalue weighted by molar-refractivity contribution is -0.483. The van der Waals surface area contributed by atoms with Gasteiger partial charge < -0.3 is 14.2 Å². The predicted octanol–water partition coefficient (Wildman–Crippen LogP) is 8.83. The van der Waals surface area contributed by atoms with Crippen molar-refractivity contribution in [3.8, 4) is 17.2 Å². The van der Waals surface area contributed by atoms with E-state index < -0.39 is 10.8 Å². The molecule has 3 aromatic carbocycles. The molecule has 0 spiro atoms. The van der Waals surface area contributed by atoms with Gasteiger partial charge in [0.1, 0.15) is 22.6 Å². The highest BCUT2D eigenvalue weighted by Crippen LogP contribution is 2.37. The Morgan fingerprint density at radius 1 is 0.875 bits per heavy atom. The molecule has 0 saturated heterocycles. The Bertz CT molecular complexity index is 1310. The van der Waals surface area contributed by atoms with Crippen LogP contribution in [0.15, 0.2) is 71.2 Å². The van der Waals surface area contributed by atoms with Crippen LogP contribution < -0.4 is 14.2 Å². The fourth-order valence-corrected chi connectivity index (χ4v) is 4.49. The summed E-state index contributed by atoms with van der Waals surface area (Å²) in [5, 5.41) is 12.3. The molecule has 0 amide bonds. The number of hydrogen-bond donors (Lipinski definition) is 0. The van der Waals surface area contributed by atoms with E-state index in [0.29, 0.717) is 63.1 Å². The molecular weight excluding hydrogens is 624 g/mol. The van der Waals surface area contributed by atoms with Crippen LogP contribution in [0.4, 0.5) is 0 Å². The average Bonchev–Trinajstić information content (AvgIpc) is 2.89. The molecule has 12 heteroatoms. The first-order chi connectivity index (χ1) is 19.1. The van der Waals surface area contributed by atoms with Gasteiger partial charge in [0.2, 0.25) is 6.54 Å². The zero-order valence-electron chi connectivity index (χ0n) is 21.0.